The quantitative estimate of drug-likeness (QED) is 0.748. The first-order valence-corrected chi connectivity index (χ1v) is 8.13. The van der Waals surface area contributed by atoms with E-state index in [4.69, 9.17) is 4.74 Å². The van der Waals surface area contributed by atoms with Crippen molar-refractivity contribution in [3.8, 4) is 5.75 Å². The number of nitrogens with zero attached hydrogens (tertiary/aromatic N) is 1. The monoisotopic (exact) mass is 292 g/mol. The van der Waals surface area contributed by atoms with Crippen molar-refractivity contribution >= 4 is 0 Å². The van der Waals surface area contributed by atoms with Gasteiger partial charge < -0.3 is 10.1 Å². The molecular formula is C18H32N2O. The molecule has 0 saturated carbocycles. The fourth-order valence-corrected chi connectivity index (χ4v) is 3.08. The Morgan fingerprint density at radius 2 is 1.67 bits per heavy atom. The van der Waals surface area contributed by atoms with Gasteiger partial charge in [-0.05, 0) is 57.6 Å². The normalized spacial score (nSPS) is 13.5. The third-order valence-corrected chi connectivity index (χ3v) is 4.33. The van der Waals surface area contributed by atoms with E-state index in [1.54, 1.807) is 7.11 Å². The summed E-state index contributed by atoms with van der Waals surface area (Å²) in [6.07, 6.45) is 1.14. The molecule has 1 N–H and O–H groups in total. The fraction of sp³-hybridized carbons (Fsp3) is 0.667. The lowest BCUT2D eigenvalue weighted by atomic mass is 9.86. The Kier molecular flexibility index (Phi) is 7.20. The number of benzene rings is 1. The maximum absolute atomic E-state index is 5.27. The molecule has 21 heavy (non-hydrogen) atoms. The molecule has 0 saturated heterocycles. The molecule has 0 fully saturated rings. The van der Waals surface area contributed by atoms with Crippen molar-refractivity contribution in [1.29, 1.82) is 0 Å². The third kappa shape index (κ3) is 4.45. The molecular weight excluding hydrogens is 260 g/mol. The maximum atomic E-state index is 5.27. The van der Waals surface area contributed by atoms with Gasteiger partial charge in [-0.15, -0.1) is 0 Å². The minimum atomic E-state index is 0.0628. The molecule has 0 aliphatic rings. The van der Waals surface area contributed by atoms with Crippen LogP contribution in [0.15, 0.2) is 24.3 Å². The highest BCUT2D eigenvalue weighted by atomic mass is 16.5. The molecule has 1 atom stereocenters. The fourth-order valence-electron chi connectivity index (χ4n) is 3.08. The van der Waals surface area contributed by atoms with Crippen molar-refractivity contribution in [2.45, 2.75) is 52.6 Å². The molecule has 3 heteroatoms. The van der Waals surface area contributed by atoms with Gasteiger partial charge in [-0.1, -0.05) is 32.9 Å². The molecule has 0 bridgehead atoms. The summed E-state index contributed by atoms with van der Waals surface area (Å²) in [7, 11) is 1.71. The predicted molar refractivity (Wildman–Crippen MR) is 91.0 cm³/mol. The maximum Gasteiger partial charge on any atom is 0.118 e. The summed E-state index contributed by atoms with van der Waals surface area (Å²) in [4.78, 5) is 2.52. The van der Waals surface area contributed by atoms with Crippen molar-refractivity contribution in [3.63, 3.8) is 0 Å². The van der Waals surface area contributed by atoms with Crippen LogP contribution in [0.4, 0.5) is 0 Å². The number of nitrogens with one attached hydrogen (secondary N) is 1. The number of hydrogen-bond donors (Lipinski definition) is 1. The summed E-state index contributed by atoms with van der Waals surface area (Å²) in [5.41, 5.74) is 1.38. The first-order chi connectivity index (χ1) is 10.0. The highest BCUT2D eigenvalue weighted by Gasteiger charge is 2.34. The van der Waals surface area contributed by atoms with E-state index in [1.165, 1.54) is 5.56 Å². The lowest BCUT2D eigenvalue weighted by molar-refractivity contribution is 0.0911. The van der Waals surface area contributed by atoms with Gasteiger partial charge in [-0.25, -0.2) is 0 Å². The van der Waals surface area contributed by atoms with Crippen LogP contribution >= 0.6 is 0 Å². The van der Waals surface area contributed by atoms with E-state index < -0.39 is 0 Å². The van der Waals surface area contributed by atoms with Gasteiger partial charge in [0.15, 0.2) is 0 Å². The first kappa shape index (κ1) is 18.0. The first-order valence-electron chi connectivity index (χ1n) is 8.13. The molecule has 1 unspecified atom stereocenters. The van der Waals surface area contributed by atoms with Crippen molar-refractivity contribution in [3.05, 3.63) is 29.8 Å². The molecule has 0 heterocycles. The Morgan fingerprint density at radius 3 is 2.10 bits per heavy atom. The summed E-state index contributed by atoms with van der Waals surface area (Å²) < 4.78 is 5.27. The van der Waals surface area contributed by atoms with Crippen LogP contribution in [0.1, 0.15) is 52.6 Å². The highest BCUT2D eigenvalue weighted by molar-refractivity contribution is 5.31. The van der Waals surface area contributed by atoms with Crippen LogP contribution in [0, 0.1) is 0 Å². The molecule has 1 rings (SSSR count). The van der Waals surface area contributed by atoms with E-state index in [0.717, 1.165) is 31.8 Å². The number of methoxy groups -OCH3 is 1. The summed E-state index contributed by atoms with van der Waals surface area (Å²) in [6.45, 7) is 14.5. The van der Waals surface area contributed by atoms with Crippen molar-refractivity contribution < 1.29 is 4.74 Å². The lowest BCUT2D eigenvalue weighted by Gasteiger charge is -2.44. The Morgan fingerprint density at radius 1 is 1.10 bits per heavy atom. The van der Waals surface area contributed by atoms with Crippen LogP contribution in [0.5, 0.6) is 5.75 Å². The number of hydrogen-bond acceptors (Lipinski definition) is 3. The smallest absolute Gasteiger partial charge is 0.118 e. The number of rotatable bonds is 9. The molecule has 0 spiro atoms. The number of likely N-dealkylation sites (N-methyl/N-ethyl adjacent to an activating group) is 1. The van der Waals surface area contributed by atoms with Gasteiger partial charge in [0, 0.05) is 5.54 Å². The zero-order valence-corrected chi connectivity index (χ0v) is 14.6. The molecule has 0 amide bonds. The molecule has 1 aromatic rings. The Balaban J connectivity index is 3.07. The molecule has 3 nitrogen and oxygen atoms in total. The van der Waals surface area contributed by atoms with Crippen LogP contribution in [-0.4, -0.2) is 37.2 Å². The second-order valence-corrected chi connectivity index (χ2v) is 5.99. The Labute approximate surface area is 130 Å². The second kappa shape index (κ2) is 8.40. The highest BCUT2D eigenvalue weighted by Crippen LogP contribution is 2.32. The average Bonchev–Trinajstić information content (AvgIpc) is 2.49. The van der Waals surface area contributed by atoms with Crippen LogP contribution in [0.25, 0.3) is 0 Å². The Hall–Kier alpha value is -1.06. The summed E-state index contributed by atoms with van der Waals surface area (Å²) in [5, 5.41) is 3.73. The van der Waals surface area contributed by atoms with Gasteiger partial charge in [0.2, 0.25) is 0 Å². The van der Waals surface area contributed by atoms with Gasteiger partial charge in [0.1, 0.15) is 5.75 Å². The lowest BCUT2D eigenvalue weighted by Crippen LogP contribution is -2.52. The van der Waals surface area contributed by atoms with Gasteiger partial charge in [-0.3, -0.25) is 4.90 Å². The molecule has 0 aliphatic carbocycles. The minimum absolute atomic E-state index is 0.0628. The Bertz CT molecular complexity index is 396. The molecule has 0 aliphatic heterocycles. The second-order valence-electron chi connectivity index (χ2n) is 5.99. The van der Waals surface area contributed by atoms with E-state index >= 15 is 0 Å². The topological polar surface area (TPSA) is 24.5 Å². The van der Waals surface area contributed by atoms with Crippen molar-refractivity contribution in [2.24, 2.45) is 0 Å². The van der Waals surface area contributed by atoms with Crippen molar-refractivity contribution in [1.82, 2.24) is 10.2 Å². The molecule has 0 radical (unpaired) electrons. The van der Waals surface area contributed by atoms with Gasteiger partial charge in [0.05, 0.1) is 13.2 Å². The SMILES string of the molecule is CCCNC(c1ccc(OC)cc1)C(C)(C)N(CC)CC. The standard InChI is InChI=1S/C18H32N2O/c1-7-14-19-17(18(4,5)20(8-2)9-3)15-10-12-16(21-6)13-11-15/h10-13,17,19H,7-9,14H2,1-6H3. The molecule has 0 aromatic heterocycles. The van der Waals surface area contributed by atoms with E-state index in [1.807, 2.05) is 12.1 Å². The van der Waals surface area contributed by atoms with E-state index in [2.05, 4.69) is 57.0 Å². The summed E-state index contributed by atoms with van der Waals surface area (Å²) >= 11 is 0. The zero-order valence-electron chi connectivity index (χ0n) is 14.6. The number of ether oxygens (including phenoxy) is 1. The third-order valence-electron chi connectivity index (χ3n) is 4.33. The molecule has 1 aromatic carbocycles. The van der Waals surface area contributed by atoms with Gasteiger partial charge in [0.25, 0.3) is 0 Å². The van der Waals surface area contributed by atoms with Crippen LogP contribution < -0.4 is 10.1 Å². The van der Waals surface area contributed by atoms with Crippen LogP contribution in [0.3, 0.4) is 0 Å². The van der Waals surface area contributed by atoms with E-state index in [0.29, 0.717) is 6.04 Å². The summed E-state index contributed by atoms with van der Waals surface area (Å²) in [6, 6.07) is 8.76. The zero-order chi connectivity index (χ0) is 15.9. The predicted octanol–water partition coefficient (Wildman–Crippen LogP) is 3.86. The van der Waals surface area contributed by atoms with Gasteiger partial charge in [-0.2, -0.15) is 0 Å². The minimum Gasteiger partial charge on any atom is -0.497 e. The van der Waals surface area contributed by atoms with Gasteiger partial charge >= 0.3 is 0 Å². The summed E-state index contributed by atoms with van der Waals surface area (Å²) in [5.74, 6) is 0.911. The van der Waals surface area contributed by atoms with Crippen molar-refractivity contribution in [2.75, 3.05) is 26.7 Å². The largest absolute Gasteiger partial charge is 0.497 e. The van der Waals surface area contributed by atoms with E-state index in [9.17, 15) is 0 Å². The molecule has 120 valence electrons. The average molecular weight is 292 g/mol. The van der Waals surface area contributed by atoms with Crippen LogP contribution in [-0.2, 0) is 0 Å². The van der Waals surface area contributed by atoms with E-state index in [-0.39, 0.29) is 5.54 Å². The van der Waals surface area contributed by atoms with Crippen LogP contribution in [0.2, 0.25) is 0 Å².